The third-order valence-corrected chi connectivity index (χ3v) is 9.14. The molecule has 8 aromatic rings. The fourth-order valence-corrected chi connectivity index (χ4v) is 7.40. The molecular formula is C39H27N3. The van der Waals surface area contributed by atoms with E-state index in [1.807, 2.05) is 6.07 Å². The topological polar surface area (TPSA) is 30.7 Å². The minimum Gasteiger partial charge on any atom is -0.278 e. The van der Waals surface area contributed by atoms with Crippen molar-refractivity contribution in [2.75, 3.05) is 0 Å². The Morgan fingerprint density at radius 2 is 1.19 bits per heavy atom. The molecule has 0 spiro atoms. The van der Waals surface area contributed by atoms with Crippen LogP contribution in [-0.4, -0.2) is 14.5 Å². The summed E-state index contributed by atoms with van der Waals surface area (Å²) in [6.45, 7) is 4.75. The summed E-state index contributed by atoms with van der Waals surface area (Å²) in [6, 6.07) is 45.4. The van der Waals surface area contributed by atoms with Crippen molar-refractivity contribution in [1.82, 2.24) is 14.5 Å². The van der Waals surface area contributed by atoms with Crippen LogP contribution in [0.15, 0.2) is 127 Å². The molecule has 3 nitrogen and oxygen atoms in total. The molecule has 9 rings (SSSR count). The van der Waals surface area contributed by atoms with Crippen molar-refractivity contribution >= 4 is 43.5 Å². The van der Waals surface area contributed by atoms with Crippen molar-refractivity contribution in [2.24, 2.45) is 0 Å². The normalized spacial score (nSPS) is 13.7. The molecule has 6 aromatic carbocycles. The number of rotatable bonds is 2. The van der Waals surface area contributed by atoms with Gasteiger partial charge in [0, 0.05) is 27.1 Å². The Labute approximate surface area is 243 Å². The van der Waals surface area contributed by atoms with Crippen LogP contribution in [-0.2, 0) is 5.41 Å². The molecule has 0 bridgehead atoms. The molecule has 1 aliphatic rings. The lowest BCUT2D eigenvalue weighted by molar-refractivity contribution is 0.669. The van der Waals surface area contributed by atoms with Gasteiger partial charge in [-0.25, -0.2) is 9.97 Å². The summed E-state index contributed by atoms with van der Waals surface area (Å²) in [6.07, 6.45) is 0. The van der Waals surface area contributed by atoms with Gasteiger partial charge in [-0.05, 0) is 45.2 Å². The first kappa shape index (κ1) is 23.4. The SMILES string of the molecule is CC1(C)c2c(ccc3ccccc23)-c2ccc3c4ccccc4n(-c4nc(-c5ccccc5)c5ccccc5n4)c3c21. The van der Waals surface area contributed by atoms with Gasteiger partial charge < -0.3 is 0 Å². The smallest absolute Gasteiger partial charge is 0.235 e. The van der Waals surface area contributed by atoms with Crippen LogP contribution < -0.4 is 0 Å². The highest BCUT2D eigenvalue weighted by Gasteiger charge is 2.40. The molecule has 0 fully saturated rings. The zero-order valence-corrected chi connectivity index (χ0v) is 23.5. The number of hydrogen-bond acceptors (Lipinski definition) is 2. The van der Waals surface area contributed by atoms with Crippen LogP contribution in [0.25, 0.3) is 71.8 Å². The van der Waals surface area contributed by atoms with Gasteiger partial charge in [0.05, 0.1) is 22.2 Å². The van der Waals surface area contributed by atoms with Crippen molar-refractivity contribution in [1.29, 1.82) is 0 Å². The first-order valence-corrected chi connectivity index (χ1v) is 14.5. The van der Waals surface area contributed by atoms with Gasteiger partial charge >= 0.3 is 0 Å². The quantitative estimate of drug-likeness (QED) is 0.220. The van der Waals surface area contributed by atoms with Gasteiger partial charge in [0.2, 0.25) is 5.95 Å². The minimum absolute atomic E-state index is 0.226. The average Bonchev–Trinajstić information content (AvgIpc) is 3.49. The van der Waals surface area contributed by atoms with E-state index < -0.39 is 0 Å². The van der Waals surface area contributed by atoms with Crippen LogP contribution >= 0.6 is 0 Å². The standard InChI is InChI=1S/C39H27N3/c1-39(2)34-26-15-7-6-12-24(26)20-21-28(34)29-22-23-30-27-16-9-11-19-33(27)42(37(30)35(29)39)38-40-32-18-10-8-17-31(32)36(41-38)25-13-4-3-5-14-25/h3-23H,1-2H3. The van der Waals surface area contributed by atoms with Crippen molar-refractivity contribution in [3.8, 4) is 28.3 Å². The molecule has 0 saturated heterocycles. The molecule has 42 heavy (non-hydrogen) atoms. The Balaban J connectivity index is 1.44. The molecule has 1 aliphatic carbocycles. The molecule has 0 aliphatic heterocycles. The summed E-state index contributed by atoms with van der Waals surface area (Å²) in [5, 5.41) is 6.09. The molecule has 0 amide bonds. The van der Waals surface area contributed by atoms with Crippen molar-refractivity contribution in [2.45, 2.75) is 19.3 Å². The van der Waals surface area contributed by atoms with E-state index in [0.29, 0.717) is 5.95 Å². The Hall–Kier alpha value is -5.28. The maximum Gasteiger partial charge on any atom is 0.235 e. The van der Waals surface area contributed by atoms with E-state index in [-0.39, 0.29) is 5.41 Å². The zero-order chi connectivity index (χ0) is 28.0. The van der Waals surface area contributed by atoms with Crippen molar-refractivity contribution in [3.05, 3.63) is 139 Å². The van der Waals surface area contributed by atoms with Gasteiger partial charge in [-0.1, -0.05) is 129 Å². The molecule has 0 N–H and O–H groups in total. The molecular weight excluding hydrogens is 510 g/mol. The van der Waals surface area contributed by atoms with Gasteiger partial charge in [-0.15, -0.1) is 0 Å². The first-order valence-electron chi connectivity index (χ1n) is 14.5. The average molecular weight is 538 g/mol. The van der Waals surface area contributed by atoms with Crippen molar-refractivity contribution in [3.63, 3.8) is 0 Å². The molecule has 3 heteroatoms. The van der Waals surface area contributed by atoms with Crippen LogP contribution in [0, 0.1) is 0 Å². The number of hydrogen-bond donors (Lipinski definition) is 0. The molecule has 198 valence electrons. The predicted molar refractivity (Wildman–Crippen MR) is 174 cm³/mol. The first-order chi connectivity index (χ1) is 20.6. The maximum atomic E-state index is 5.34. The van der Waals surface area contributed by atoms with Gasteiger partial charge in [-0.2, -0.15) is 0 Å². The van der Waals surface area contributed by atoms with Crippen LogP contribution in [0.3, 0.4) is 0 Å². The fraction of sp³-hybridized carbons (Fsp3) is 0.0769. The Bertz CT molecular complexity index is 2380. The predicted octanol–water partition coefficient (Wildman–Crippen LogP) is 9.85. The third kappa shape index (κ3) is 3.05. The second kappa shape index (κ2) is 8.37. The fourth-order valence-electron chi connectivity index (χ4n) is 7.40. The Morgan fingerprint density at radius 1 is 0.524 bits per heavy atom. The molecule has 0 radical (unpaired) electrons. The van der Waals surface area contributed by atoms with E-state index in [2.05, 4.69) is 140 Å². The lowest BCUT2D eigenvalue weighted by Crippen LogP contribution is -2.17. The number of aromatic nitrogens is 3. The van der Waals surface area contributed by atoms with Crippen LogP contribution in [0.2, 0.25) is 0 Å². The second-order valence-electron chi connectivity index (χ2n) is 11.8. The monoisotopic (exact) mass is 537 g/mol. The van der Waals surface area contributed by atoms with Crippen LogP contribution in [0.4, 0.5) is 0 Å². The lowest BCUT2D eigenvalue weighted by Gasteiger charge is -2.25. The summed E-state index contributed by atoms with van der Waals surface area (Å²) in [4.78, 5) is 10.6. The number of benzene rings is 6. The van der Waals surface area contributed by atoms with Crippen LogP contribution in [0.5, 0.6) is 0 Å². The highest BCUT2D eigenvalue weighted by molar-refractivity contribution is 6.14. The number of nitrogens with zero attached hydrogens (tertiary/aromatic N) is 3. The van der Waals surface area contributed by atoms with E-state index in [0.717, 1.165) is 27.7 Å². The second-order valence-corrected chi connectivity index (χ2v) is 11.8. The number of para-hydroxylation sites is 2. The highest BCUT2D eigenvalue weighted by Crippen LogP contribution is 2.54. The highest BCUT2D eigenvalue weighted by atomic mass is 15.2. The summed E-state index contributed by atoms with van der Waals surface area (Å²) in [7, 11) is 0. The van der Waals surface area contributed by atoms with Gasteiger partial charge in [0.1, 0.15) is 0 Å². The maximum absolute atomic E-state index is 5.34. The van der Waals surface area contributed by atoms with E-state index in [9.17, 15) is 0 Å². The summed E-state index contributed by atoms with van der Waals surface area (Å²) in [5.41, 5.74) is 10.4. The molecule has 0 atom stereocenters. The van der Waals surface area contributed by atoms with E-state index >= 15 is 0 Å². The van der Waals surface area contributed by atoms with E-state index in [1.165, 1.54) is 49.3 Å². The van der Waals surface area contributed by atoms with Gasteiger partial charge in [0.15, 0.2) is 0 Å². The molecule has 2 heterocycles. The van der Waals surface area contributed by atoms with E-state index in [4.69, 9.17) is 9.97 Å². The zero-order valence-electron chi connectivity index (χ0n) is 23.5. The molecule has 2 aromatic heterocycles. The lowest BCUT2D eigenvalue weighted by atomic mass is 9.79. The van der Waals surface area contributed by atoms with Crippen molar-refractivity contribution < 1.29 is 0 Å². The Morgan fingerprint density at radius 3 is 2.05 bits per heavy atom. The third-order valence-electron chi connectivity index (χ3n) is 9.14. The summed E-state index contributed by atoms with van der Waals surface area (Å²) >= 11 is 0. The van der Waals surface area contributed by atoms with E-state index in [1.54, 1.807) is 0 Å². The Kier molecular flexibility index (Phi) is 4.67. The van der Waals surface area contributed by atoms with Gasteiger partial charge in [0.25, 0.3) is 0 Å². The largest absolute Gasteiger partial charge is 0.278 e. The number of fused-ring (bicyclic) bond motifs is 10. The van der Waals surface area contributed by atoms with Crippen LogP contribution in [0.1, 0.15) is 25.0 Å². The molecule has 0 saturated carbocycles. The summed E-state index contributed by atoms with van der Waals surface area (Å²) < 4.78 is 2.32. The van der Waals surface area contributed by atoms with Gasteiger partial charge in [-0.3, -0.25) is 4.57 Å². The summed E-state index contributed by atoms with van der Waals surface area (Å²) in [5.74, 6) is 0.698. The molecule has 0 unspecified atom stereocenters. The minimum atomic E-state index is -0.226.